The molecule has 0 radical (unpaired) electrons. The van der Waals surface area contributed by atoms with Crippen molar-refractivity contribution in [2.45, 2.75) is 23.1 Å². The summed E-state index contributed by atoms with van der Waals surface area (Å²) in [6, 6.07) is 0. The predicted octanol–water partition coefficient (Wildman–Crippen LogP) is 1.32. The third-order valence-corrected chi connectivity index (χ3v) is 3.37. The van der Waals surface area contributed by atoms with Crippen LogP contribution in [0, 0.1) is 0 Å². The summed E-state index contributed by atoms with van der Waals surface area (Å²) in [6.45, 7) is 2.27. The Morgan fingerprint density at radius 3 is 2.85 bits per heavy atom. The van der Waals surface area contributed by atoms with Crippen LogP contribution in [-0.2, 0) is 0 Å². The molecule has 0 saturated carbocycles. The van der Waals surface area contributed by atoms with E-state index >= 15 is 0 Å². The Morgan fingerprint density at radius 2 is 2.15 bits per heavy atom. The highest BCUT2D eigenvalue weighted by molar-refractivity contribution is 7.99. The minimum atomic E-state index is 0.720. The fourth-order valence-electron chi connectivity index (χ4n) is 1.43. The van der Waals surface area contributed by atoms with Crippen LogP contribution in [0.5, 0.6) is 0 Å². The van der Waals surface area contributed by atoms with Crippen molar-refractivity contribution in [1.82, 2.24) is 15.3 Å². The first kappa shape index (κ1) is 8.97. The van der Waals surface area contributed by atoms with Crippen LogP contribution in [0.1, 0.15) is 12.8 Å². The van der Waals surface area contributed by atoms with Crippen molar-refractivity contribution < 1.29 is 0 Å². The summed E-state index contributed by atoms with van der Waals surface area (Å²) in [5.74, 6) is 0. The number of hydrogen-bond acceptors (Lipinski definition) is 4. The van der Waals surface area contributed by atoms with Gasteiger partial charge >= 0.3 is 0 Å². The number of rotatable bonds is 2. The molecule has 13 heavy (non-hydrogen) atoms. The first-order valence-corrected chi connectivity index (χ1v) is 5.46. The van der Waals surface area contributed by atoms with Gasteiger partial charge in [0.1, 0.15) is 5.03 Å². The van der Waals surface area contributed by atoms with Gasteiger partial charge in [-0.05, 0) is 25.9 Å². The standard InChI is InChI=1S/C9H13N3S/c1-3-10-4-2-8(1)13-9-7-11-5-6-12-9/h5-8,10H,1-4H2. The molecular formula is C9H13N3S. The molecule has 2 heterocycles. The van der Waals surface area contributed by atoms with Gasteiger partial charge in [0.2, 0.25) is 0 Å². The summed E-state index contributed by atoms with van der Waals surface area (Å²) in [5, 5.41) is 5.12. The van der Waals surface area contributed by atoms with Crippen molar-refractivity contribution in [3.8, 4) is 0 Å². The van der Waals surface area contributed by atoms with Crippen LogP contribution in [0.15, 0.2) is 23.6 Å². The topological polar surface area (TPSA) is 37.8 Å². The van der Waals surface area contributed by atoms with Gasteiger partial charge in [-0.15, -0.1) is 11.8 Å². The van der Waals surface area contributed by atoms with E-state index in [4.69, 9.17) is 0 Å². The molecule has 0 unspecified atom stereocenters. The highest BCUT2D eigenvalue weighted by Crippen LogP contribution is 2.25. The van der Waals surface area contributed by atoms with E-state index in [9.17, 15) is 0 Å². The summed E-state index contributed by atoms with van der Waals surface area (Å²) < 4.78 is 0. The molecule has 0 amide bonds. The second-order valence-corrected chi connectivity index (χ2v) is 4.43. The minimum absolute atomic E-state index is 0.720. The van der Waals surface area contributed by atoms with E-state index in [-0.39, 0.29) is 0 Å². The zero-order valence-corrected chi connectivity index (χ0v) is 8.26. The minimum Gasteiger partial charge on any atom is -0.317 e. The first-order valence-electron chi connectivity index (χ1n) is 4.58. The molecule has 1 N–H and O–H groups in total. The van der Waals surface area contributed by atoms with Gasteiger partial charge in [0.05, 0.1) is 6.20 Å². The fourth-order valence-corrected chi connectivity index (χ4v) is 2.49. The highest BCUT2D eigenvalue weighted by atomic mass is 32.2. The van der Waals surface area contributed by atoms with E-state index in [2.05, 4.69) is 15.3 Å². The van der Waals surface area contributed by atoms with Crippen LogP contribution in [0.2, 0.25) is 0 Å². The number of thioether (sulfide) groups is 1. The molecule has 1 aliphatic rings. The molecule has 0 aromatic carbocycles. The molecule has 1 fully saturated rings. The average molecular weight is 195 g/mol. The Bertz CT molecular complexity index is 246. The molecule has 1 aromatic heterocycles. The normalized spacial score (nSPS) is 18.8. The molecular weight excluding hydrogens is 182 g/mol. The number of aromatic nitrogens is 2. The molecule has 4 heteroatoms. The van der Waals surface area contributed by atoms with Gasteiger partial charge in [0, 0.05) is 17.6 Å². The second kappa shape index (κ2) is 4.58. The lowest BCUT2D eigenvalue weighted by molar-refractivity contribution is 0.531. The number of piperidine rings is 1. The van der Waals surface area contributed by atoms with E-state index in [1.54, 1.807) is 12.4 Å². The van der Waals surface area contributed by atoms with Gasteiger partial charge in [-0.25, -0.2) is 4.98 Å². The molecule has 1 aliphatic heterocycles. The van der Waals surface area contributed by atoms with Crippen molar-refractivity contribution >= 4 is 11.8 Å². The largest absolute Gasteiger partial charge is 0.317 e. The van der Waals surface area contributed by atoms with E-state index in [1.807, 2.05) is 18.0 Å². The lowest BCUT2D eigenvalue weighted by Crippen LogP contribution is -2.29. The quantitative estimate of drug-likeness (QED) is 0.772. The van der Waals surface area contributed by atoms with Crippen LogP contribution >= 0.6 is 11.8 Å². The lowest BCUT2D eigenvalue weighted by Gasteiger charge is -2.21. The van der Waals surface area contributed by atoms with E-state index in [0.717, 1.165) is 23.4 Å². The van der Waals surface area contributed by atoms with E-state index in [0.29, 0.717) is 0 Å². The van der Waals surface area contributed by atoms with Gasteiger partial charge in [-0.1, -0.05) is 0 Å². The molecule has 1 aromatic rings. The first-order chi connectivity index (χ1) is 6.45. The van der Waals surface area contributed by atoms with Crippen LogP contribution in [0.4, 0.5) is 0 Å². The Hall–Kier alpha value is -0.610. The number of nitrogens with one attached hydrogen (secondary N) is 1. The molecule has 2 rings (SSSR count). The molecule has 0 bridgehead atoms. The monoisotopic (exact) mass is 195 g/mol. The van der Waals surface area contributed by atoms with Crippen molar-refractivity contribution in [2.75, 3.05) is 13.1 Å². The van der Waals surface area contributed by atoms with Crippen LogP contribution in [-0.4, -0.2) is 28.3 Å². The fraction of sp³-hybridized carbons (Fsp3) is 0.556. The third-order valence-electron chi connectivity index (χ3n) is 2.11. The third kappa shape index (κ3) is 2.67. The average Bonchev–Trinajstić information content (AvgIpc) is 2.21. The summed E-state index contributed by atoms with van der Waals surface area (Å²) in [7, 11) is 0. The maximum atomic E-state index is 4.25. The Morgan fingerprint density at radius 1 is 1.31 bits per heavy atom. The zero-order chi connectivity index (χ0) is 8.93. The Labute approximate surface area is 82.4 Å². The van der Waals surface area contributed by atoms with E-state index in [1.165, 1.54) is 12.8 Å². The van der Waals surface area contributed by atoms with Gasteiger partial charge in [0.15, 0.2) is 0 Å². The van der Waals surface area contributed by atoms with Crippen molar-refractivity contribution in [3.05, 3.63) is 18.6 Å². The maximum Gasteiger partial charge on any atom is 0.115 e. The zero-order valence-electron chi connectivity index (χ0n) is 7.44. The summed E-state index contributed by atoms with van der Waals surface area (Å²) in [6.07, 6.45) is 7.78. The van der Waals surface area contributed by atoms with Crippen LogP contribution in [0.3, 0.4) is 0 Å². The molecule has 70 valence electrons. The van der Waals surface area contributed by atoms with Crippen LogP contribution < -0.4 is 5.32 Å². The maximum absolute atomic E-state index is 4.25. The number of hydrogen-bond donors (Lipinski definition) is 1. The van der Waals surface area contributed by atoms with Crippen molar-refractivity contribution in [1.29, 1.82) is 0 Å². The molecule has 0 spiro atoms. The van der Waals surface area contributed by atoms with Gasteiger partial charge < -0.3 is 5.32 Å². The molecule has 0 aliphatic carbocycles. The SMILES string of the molecule is c1cnc(SC2CCNCC2)cn1. The Balaban J connectivity index is 1.90. The molecule has 3 nitrogen and oxygen atoms in total. The van der Waals surface area contributed by atoms with E-state index < -0.39 is 0 Å². The highest BCUT2D eigenvalue weighted by Gasteiger charge is 2.14. The molecule has 0 atom stereocenters. The Kier molecular flexibility index (Phi) is 3.16. The van der Waals surface area contributed by atoms with Gasteiger partial charge in [-0.3, -0.25) is 4.98 Å². The summed E-state index contributed by atoms with van der Waals surface area (Å²) >= 11 is 1.85. The smallest absolute Gasteiger partial charge is 0.115 e. The van der Waals surface area contributed by atoms with Crippen LogP contribution in [0.25, 0.3) is 0 Å². The predicted molar refractivity (Wildman–Crippen MR) is 53.8 cm³/mol. The van der Waals surface area contributed by atoms with Crippen molar-refractivity contribution in [2.24, 2.45) is 0 Å². The van der Waals surface area contributed by atoms with Crippen molar-refractivity contribution in [3.63, 3.8) is 0 Å². The van der Waals surface area contributed by atoms with Gasteiger partial charge in [0.25, 0.3) is 0 Å². The summed E-state index contributed by atoms with van der Waals surface area (Å²) in [5.41, 5.74) is 0. The lowest BCUT2D eigenvalue weighted by atomic mass is 10.2. The number of nitrogens with zero attached hydrogens (tertiary/aromatic N) is 2. The molecule has 1 saturated heterocycles. The van der Waals surface area contributed by atoms with Gasteiger partial charge in [-0.2, -0.15) is 0 Å². The summed E-state index contributed by atoms with van der Waals surface area (Å²) in [4.78, 5) is 8.30. The second-order valence-electron chi connectivity index (χ2n) is 3.11.